The average molecular weight is 711 g/mol. The van der Waals surface area contributed by atoms with Crippen LogP contribution in [0.3, 0.4) is 0 Å². The number of methoxy groups -OCH3 is 1. The summed E-state index contributed by atoms with van der Waals surface area (Å²) in [4.78, 5) is 29.4. The number of ether oxygens (including phenoxy) is 1. The molecule has 0 saturated heterocycles. The number of aryl methyl sites for hydroxylation is 1. The molecule has 11 heteroatoms. The smallest absolute Gasteiger partial charge is 0.264 e. The number of anilines is 1. The zero-order valence-electron chi connectivity index (χ0n) is 26.1. The lowest BCUT2D eigenvalue weighted by molar-refractivity contribution is -0.140. The van der Waals surface area contributed by atoms with Crippen LogP contribution in [-0.4, -0.2) is 50.9 Å². The lowest BCUT2D eigenvalue weighted by Gasteiger charge is -2.34. The predicted octanol–water partition coefficient (Wildman–Crippen LogP) is 6.27. The highest BCUT2D eigenvalue weighted by atomic mass is 79.9. The number of carbonyl (C=O) groups excluding carboxylic acids is 2. The second-order valence-electron chi connectivity index (χ2n) is 11.1. The van der Waals surface area contributed by atoms with Crippen LogP contribution >= 0.6 is 15.9 Å². The maximum Gasteiger partial charge on any atom is 0.264 e. The van der Waals surface area contributed by atoms with Gasteiger partial charge >= 0.3 is 0 Å². The highest BCUT2D eigenvalue weighted by Crippen LogP contribution is 2.31. The van der Waals surface area contributed by atoms with Gasteiger partial charge in [0.1, 0.15) is 24.2 Å². The third kappa shape index (κ3) is 8.52. The maximum atomic E-state index is 15.0. The molecule has 0 bridgehead atoms. The van der Waals surface area contributed by atoms with Crippen LogP contribution in [0.1, 0.15) is 30.5 Å². The van der Waals surface area contributed by atoms with Crippen molar-refractivity contribution in [2.24, 2.45) is 0 Å². The summed E-state index contributed by atoms with van der Waals surface area (Å²) in [5.74, 6) is -1.23. The molecule has 0 aliphatic heterocycles. The van der Waals surface area contributed by atoms with E-state index in [9.17, 15) is 18.0 Å². The molecule has 0 spiro atoms. The fourth-order valence-electron chi connectivity index (χ4n) is 4.92. The SMILES string of the molecule is COc1ccc(S(=O)(=O)N(CC(=O)N(Cc2ccccc2F)C(Cc2ccccc2)C(=O)NC(C)C)c2ccc(C)cc2)cc1Br. The van der Waals surface area contributed by atoms with Gasteiger partial charge in [-0.25, -0.2) is 12.8 Å². The highest BCUT2D eigenvalue weighted by Gasteiger charge is 2.35. The van der Waals surface area contributed by atoms with Gasteiger partial charge in [-0.15, -0.1) is 0 Å². The van der Waals surface area contributed by atoms with Crippen LogP contribution in [0.15, 0.2) is 106 Å². The van der Waals surface area contributed by atoms with Gasteiger partial charge < -0.3 is 15.0 Å². The molecule has 1 atom stereocenters. The Bertz CT molecular complexity index is 1770. The summed E-state index contributed by atoms with van der Waals surface area (Å²) in [5.41, 5.74) is 2.12. The molecule has 4 rings (SSSR count). The van der Waals surface area contributed by atoms with Crippen molar-refractivity contribution in [3.05, 3.63) is 124 Å². The minimum atomic E-state index is -4.32. The molecule has 4 aromatic rings. The molecule has 8 nitrogen and oxygen atoms in total. The molecule has 1 N–H and O–H groups in total. The summed E-state index contributed by atoms with van der Waals surface area (Å²) in [5, 5.41) is 2.89. The molecular weight excluding hydrogens is 673 g/mol. The average Bonchev–Trinajstić information content (AvgIpc) is 3.02. The Morgan fingerprint density at radius 3 is 2.20 bits per heavy atom. The first-order valence-corrected chi connectivity index (χ1v) is 16.9. The number of halogens is 2. The number of hydrogen-bond donors (Lipinski definition) is 1. The van der Waals surface area contributed by atoms with Crippen molar-refractivity contribution in [1.82, 2.24) is 10.2 Å². The Labute approximate surface area is 278 Å². The summed E-state index contributed by atoms with van der Waals surface area (Å²) in [6, 6.07) is 24.9. The molecule has 46 heavy (non-hydrogen) atoms. The Morgan fingerprint density at radius 2 is 1.59 bits per heavy atom. The Balaban J connectivity index is 1.82. The molecular formula is C35H37BrFN3O5S. The fraction of sp³-hybridized carbons (Fsp3) is 0.257. The van der Waals surface area contributed by atoms with Gasteiger partial charge in [-0.05, 0) is 78.7 Å². The van der Waals surface area contributed by atoms with Gasteiger partial charge in [0.25, 0.3) is 10.0 Å². The standard InChI is InChI=1S/C35H37BrFN3O5S/c1-24(2)38-35(42)32(20-26-10-6-5-7-11-26)39(22-27-12-8-9-13-31(27)37)34(41)23-40(28-16-14-25(3)15-17-28)46(43,44)29-18-19-33(45-4)30(36)21-29/h5-19,21,24,32H,20,22-23H2,1-4H3,(H,38,42). The van der Waals surface area contributed by atoms with E-state index in [1.807, 2.05) is 37.3 Å². The molecule has 1 unspecified atom stereocenters. The van der Waals surface area contributed by atoms with Crippen LogP contribution in [0, 0.1) is 12.7 Å². The van der Waals surface area contributed by atoms with Gasteiger partial charge in [-0.2, -0.15) is 0 Å². The first-order chi connectivity index (χ1) is 21.9. The van der Waals surface area contributed by atoms with Gasteiger partial charge in [0.05, 0.1) is 22.2 Å². The van der Waals surface area contributed by atoms with Gasteiger partial charge in [0.2, 0.25) is 11.8 Å². The van der Waals surface area contributed by atoms with E-state index >= 15 is 4.39 Å². The largest absolute Gasteiger partial charge is 0.496 e. The van der Waals surface area contributed by atoms with Crippen molar-refractivity contribution >= 4 is 43.5 Å². The van der Waals surface area contributed by atoms with E-state index in [-0.39, 0.29) is 35.2 Å². The summed E-state index contributed by atoms with van der Waals surface area (Å²) in [7, 11) is -2.85. The first-order valence-electron chi connectivity index (χ1n) is 14.7. The second kappa shape index (κ2) is 15.4. The van der Waals surface area contributed by atoms with Crippen LogP contribution in [0.25, 0.3) is 0 Å². The van der Waals surface area contributed by atoms with E-state index in [0.717, 1.165) is 15.4 Å². The van der Waals surface area contributed by atoms with Crippen molar-refractivity contribution < 1.29 is 27.1 Å². The number of sulfonamides is 1. The van der Waals surface area contributed by atoms with Gasteiger partial charge in [0.15, 0.2) is 0 Å². The van der Waals surface area contributed by atoms with Crippen molar-refractivity contribution in [3.8, 4) is 5.75 Å². The van der Waals surface area contributed by atoms with Gasteiger partial charge in [-0.3, -0.25) is 13.9 Å². The number of nitrogens with zero attached hydrogens (tertiary/aromatic N) is 2. The summed E-state index contributed by atoms with van der Waals surface area (Å²) in [6.07, 6.45) is 0.127. The summed E-state index contributed by atoms with van der Waals surface area (Å²) in [6.45, 7) is 4.57. The van der Waals surface area contributed by atoms with E-state index in [4.69, 9.17) is 4.74 Å². The molecule has 0 aromatic heterocycles. The second-order valence-corrected chi connectivity index (χ2v) is 13.8. The number of nitrogens with one attached hydrogen (secondary N) is 1. The lowest BCUT2D eigenvalue weighted by atomic mass is 10.0. The minimum absolute atomic E-state index is 0.0763. The summed E-state index contributed by atoms with van der Waals surface area (Å²) >= 11 is 3.36. The Morgan fingerprint density at radius 1 is 0.935 bits per heavy atom. The minimum Gasteiger partial charge on any atom is -0.496 e. The normalized spacial score (nSPS) is 12.0. The Hall–Kier alpha value is -4.22. The molecule has 0 radical (unpaired) electrons. The monoisotopic (exact) mass is 709 g/mol. The van der Waals surface area contributed by atoms with Crippen LogP contribution in [0.5, 0.6) is 5.75 Å². The number of hydrogen-bond acceptors (Lipinski definition) is 5. The molecule has 0 aliphatic carbocycles. The lowest BCUT2D eigenvalue weighted by Crippen LogP contribution is -2.54. The van der Waals surface area contributed by atoms with Crippen molar-refractivity contribution in [3.63, 3.8) is 0 Å². The quantitative estimate of drug-likeness (QED) is 0.177. The molecule has 0 heterocycles. The Kier molecular flexibility index (Phi) is 11.6. The number of benzene rings is 4. The molecule has 0 saturated carbocycles. The van der Waals surface area contributed by atoms with Crippen LogP contribution in [-0.2, 0) is 32.6 Å². The third-order valence-electron chi connectivity index (χ3n) is 7.31. The summed E-state index contributed by atoms with van der Waals surface area (Å²) < 4.78 is 50.2. The van der Waals surface area contributed by atoms with Crippen LogP contribution < -0.4 is 14.4 Å². The van der Waals surface area contributed by atoms with E-state index in [1.54, 1.807) is 50.2 Å². The van der Waals surface area contributed by atoms with Crippen molar-refractivity contribution in [2.75, 3.05) is 18.0 Å². The van der Waals surface area contributed by atoms with E-state index < -0.39 is 40.2 Å². The van der Waals surface area contributed by atoms with E-state index in [2.05, 4.69) is 21.2 Å². The molecule has 0 aliphatic rings. The van der Waals surface area contributed by atoms with E-state index in [1.165, 1.54) is 42.3 Å². The van der Waals surface area contributed by atoms with Gasteiger partial charge in [0, 0.05) is 24.6 Å². The van der Waals surface area contributed by atoms with E-state index in [0.29, 0.717) is 10.2 Å². The van der Waals surface area contributed by atoms with Gasteiger partial charge in [-0.1, -0.05) is 66.2 Å². The maximum absolute atomic E-state index is 15.0. The molecule has 2 amide bonds. The molecule has 242 valence electrons. The molecule has 4 aromatic carbocycles. The van der Waals surface area contributed by atoms with Crippen molar-refractivity contribution in [1.29, 1.82) is 0 Å². The predicted molar refractivity (Wildman–Crippen MR) is 181 cm³/mol. The fourth-order valence-corrected chi connectivity index (χ4v) is 7.05. The molecule has 0 fully saturated rings. The third-order valence-corrected chi connectivity index (χ3v) is 9.70. The topological polar surface area (TPSA) is 96.0 Å². The number of amides is 2. The highest BCUT2D eigenvalue weighted by molar-refractivity contribution is 9.10. The van der Waals surface area contributed by atoms with Crippen molar-refractivity contribution in [2.45, 2.75) is 50.7 Å². The van der Waals surface area contributed by atoms with Crippen LogP contribution in [0.4, 0.5) is 10.1 Å². The van der Waals surface area contributed by atoms with Crippen LogP contribution in [0.2, 0.25) is 0 Å². The zero-order valence-corrected chi connectivity index (χ0v) is 28.5. The first kappa shape index (κ1) is 34.6. The number of carbonyl (C=O) groups is 2. The zero-order chi connectivity index (χ0) is 33.4. The number of rotatable bonds is 13.